The number of sulfonamides is 1. The Labute approximate surface area is 232 Å². The molecule has 0 saturated heterocycles. The first kappa shape index (κ1) is 29.2. The summed E-state index contributed by atoms with van der Waals surface area (Å²) >= 11 is 3.40. The van der Waals surface area contributed by atoms with Gasteiger partial charge < -0.3 is 15.0 Å². The van der Waals surface area contributed by atoms with Crippen LogP contribution in [-0.4, -0.2) is 50.5 Å². The first-order valence-electron chi connectivity index (χ1n) is 12.2. The van der Waals surface area contributed by atoms with Crippen molar-refractivity contribution in [3.05, 3.63) is 88.9 Å². The van der Waals surface area contributed by atoms with E-state index in [0.29, 0.717) is 23.7 Å². The first-order chi connectivity index (χ1) is 18.1. The van der Waals surface area contributed by atoms with Gasteiger partial charge in [0.2, 0.25) is 21.8 Å². The van der Waals surface area contributed by atoms with Crippen LogP contribution < -0.4 is 14.4 Å². The van der Waals surface area contributed by atoms with Crippen molar-refractivity contribution < 1.29 is 22.7 Å². The third kappa shape index (κ3) is 8.32. The summed E-state index contributed by atoms with van der Waals surface area (Å²) in [6.07, 6.45) is 1.80. The number of nitrogens with one attached hydrogen (secondary N) is 1. The second-order valence-electron chi connectivity index (χ2n) is 8.79. The number of benzene rings is 3. The normalized spacial score (nSPS) is 11.9. The van der Waals surface area contributed by atoms with Crippen molar-refractivity contribution in [3.63, 3.8) is 0 Å². The quantitative estimate of drug-likeness (QED) is 0.317. The van der Waals surface area contributed by atoms with E-state index in [2.05, 4.69) is 21.2 Å². The highest BCUT2D eigenvalue weighted by Crippen LogP contribution is 2.26. The summed E-state index contributed by atoms with van der Waals surface area (Å²) in [6.45, 7) is 3.75. The number of rotatable bonds is 12. The lowest BCUT2D eigenvalue weighted by Gasteiger charge is -2.31. The zero-order valence-electron chi connectivity index (χ0n) is 21.6. The second-order valence-corrected chi connectivity index (χ2v) is 11.6. The van der Waals surface area contributed by atoms with Gasteiger partial charge in [0.25, 0.3) is 0 Å². The summed E-state index contributed by atoms with van der Waals surface area (Å²) in [5, 5.41) is 2.82. The van der Waals surface area contributed by atoms with Crippen molar-refractivity contribution in [1.29, 1.82) is 0 Å². The molecule has 202 valence electrons. The zero-order chi connectivity index (χ0) is 27.7. The van der Waals surface area contributed by atoms with E-state index in [0.717, 1.165) is 27.0 Å². The Bertz CT molecular complexity index is 1320. The van der Waals surface area contributed by atoms with Gasteiger partial charge in [-0.1, -0.05) is 53.2 Å². The molecule has 0 aromatic heterocycles. The van der Waals surface area contributed by atoms with Crippen molar-refractivity contribution in [2.24, 2.45) is 0 Å². The number of carbonyl (C=O) groups is 2. The van der Waals surface area contributed by atoms with E-state index in [4.69, 9.17) is 4.74 Å². The monoisotopic (exact) mass is 601 g/mol. The Morgan fingerprint density at radius 1 is 0.947 bits per heavy atom. The molecule has 0 aliphatic heterocycles. The third-order valence-corrected chi connectivity index (χ3v) is 7.43. The highest BCUT2D eigenvalue weighted by molar-refractivity contribution is 9.10. The molecular formula is C28H32BrN3O5S. The van der Waals surface area contributed by atoms with Crippen LogP contribution in [0.2, 0.25) is 0 Å². The van der Waals surface area contributed by atoms with E-state index >= 15 is 0 Å². The van der Waals surface area contributed by atoms with E-state index in [9.17, 15) is 18.0 Å². The minimum atomic E-state index is -3.82. The molecule has 3 rings (SSSR count). The summed E-state index contributed by atoms with van der Waals surface area (Å²) in [4.78, 5) is 27.8. The lowest BCUT2D eigenvalue weighted by atomic mass is 10.1. The fourth-order valence-corrected chi connectivity index (χ4v) is 4.80. The van der Waals surface area contributed by atoms with Crippen LogP contribution in [0, 0.1) is 0 Å². The number of para-hydroxylation sites is 1. The van der Waals surface area contributed by atoms with Gasteiger partial charge in [0.05, 0.1) is 11.9 Å². The van der Waals surface area contributed by atoms with Crippen molar-refractivity contribution in [1.82, 2.24) is 10.2 Å². The fraction of sp³-hybridized carbons (Fsp3) is 0.286. The smallest absolute Gasteiger partial charge is 0.244 e. The van der Waals surface area contributed by atoms with E-state index in [1.54, 1.807) is 31.2 Å². The summed E-state index contributed by atoms with van der Waals surface area (Å²) in [5.74, 6) is 0.375. The van der Waals surface area contributed by atoms with Crippen LogP contribution in [0.15, 0.2) is 83.3 Å². The van der Waals surface area contributed by atoms with Crippen LogP contribution in [0.4, 0.5) is 5.69 Å². The van der Waals surface area contributed by atoms with Gasteiger partial charge >= 0.3 is 0 Å². The maximum atomic E-state index is 13.6. The van der Waals surface area contributed by atoms with E-state index in [-0.39, 0.29) is 12.5 Å². The summed E-state index contributed by atoms with van der Waals surface area (Å²) in [6, 6.07) is 22.3. The molecule has 0 heterocycles. The number of halogens is 1. The van der Waals surface area contributed by atoms with E-state index in [1.807, 2.05) is 61.5 Å². The Balaban J connectivity index is 1.84. The van der Waals surface area contributed by atoms with Gasteiger partial charge in [-0.2, -0.15) is 0 Å². The molecule has 0 aliphatic carbocycles. The van der Waals surface area contributed by atoms with Crippen molar-refractivity contribution in [3.8, 4) is 11.5 Å². The molecule has 3 aromatic rings. The van der Waals surface area contributed by atoms with Crippen LogP contribution in [0.3, 0.4) is 0 Å². The zero-order valence-corrected chi connectivity index (χ0v) is 24.0. The maximum Gasteiger partial charge on any atom is 0.244 e. The maximum absolute atomic E-state index is 13.6. The molecule has 0 fully saturated rings. The van der Waals surface area contributed by atoms with Crippen LogP contribution in [-0.2, 0) is 26.2 Å². The Hall–Kier alpha value is -3.37. The van der Waals surface area contributed by atoms with Gasteiger partial charge in [-0.05, 0) is 67.4 Å². The largest absolute Gasteiger partial charge is 0.457 e. The molecule has 2 amide bonds. The van der Waals surface area contributed by atoms with Crippen molar-refractivity contribution in [2.75, 3.05) is 23.7 Å². The second kappa shape index (κ2) is 13.4. The Morgan fingerprint density at radius 3 is 2.13 bits per heavy atom. The molecule has 0 bridgehead atoms. The molecule has 10 heteroatoms. The van der Waals surface area contributed by atoms with Gasteiger partial charge in [0.1, 0.15) is 24.1 Å². The molecule has 1 atom stereocenters. The lowest BCUT2D eigenvalue weighted by molar-refractivity contribution is -0.139. The van der Waals surface area contributed by atoms with Crippen LogP contribution in [0.5, 0.6) is 11.5 Å². The standard InChI is InChI=1S/C28H32BrN3O5S/c1-4-18-30-28(34)21(2)31(19-22-10-12-23(29)13-11-22)27(33)20-32(38(3,35)36)24-14-16-26(17-15-24)37-25-8-6-5-7-9-25/h5-17,21H,4,18-20H2,1-3H3,(H,30,34)/t21-/m1/s1. The predicted molar refractivity (Wildman–Crippen MR) is 153 cm³/mol. The average molecular weight is 603 g/mol. The SMILES string of the molecule is CCCNC(=O)[C@@H](C)N(Cc1ccc(Br)cc1)C(=O)CN(c1ccc(Oc2ccccc2)cc1)S(C)(=O)=O. The summed E-state index contributed by atoms with van der Waals surface area (Å²) in [5.41, 5.74) is 1.12. The number of anilines is 1. The van der Waals surface area contributed by atoms with Crippen LogP contribution in [0.25, 0.3) is 0 Å². The molecule has 3 aromatic carbocycles. The van der Waals surface area contributed by atoms with Crippen LogP contribution in [0.1, 0.15) is 25.8 Å². The number of ether oxygens (including phenoxy) is 1. The van der Waals surface area contributed by atoms with Crippen molar-refractivity contribution in [2.45, 2.75) is 32.9 Å². The molecule has 1 N–H and O–H groups in total. The van der Waals surface area contributed by atoms with Gasteiger partial charge in [0.15, 0.2) is 0 Å². The molecule has 0 radical (unpaired) electrons. The van der Waals surface area contributed by atoms with E-state index < -0.39 is 28.5 Å². The highest BCUT2D eigenvalue weighted by atomic mass is 79.9. The molecule has 0 aliphatic rings. The number of hydrogen-bond acceptors (Lipinski definition) is 5. The molecule has 0 saturated carbocycles. The average Bonchev–Trinajstić information content (AvgIpc) is 2.90. The lowest BCUT2D eigenvalue weighted by Crippen LogP contribution is -2.51. The number of hydrogen-bond donors (Lipinski definition) is 1. The molecule has 38 heavy (non-hydrogen) atoms. The molecule has 0 unspecified atom stereocenters. The van der Waals surface area contributed by atoms with Crippen LogP contribution >= 0.6 is 15.9 Å². The Kier molecular flexibility index (Phi) is 10.3. The number of carbonyl (C=O) groups excluding carboxylic acids is 2. The molecule has 8 nitrogen and oxygen atoms in total. The molecular weight excluding hydrogens is 570 g/mol. The topological polar surface area (TPSA) is 96.0 Å². The van der Waals surface area contributed by atoms with Gasteiger partial charge in [-0.15, -0.1) is 0 Å². The summed E-state index contributed by atoms with van der Waals surface area (Å²) in [7, 11) is -3.82. The van der Waals surface area contributed by atoms with Gasteiger partial charge in [0, 0.05) is 17.6 Å². The van der Waals surface area contributed by atoms with Gasteiger partial charge in [-0.25, -0.2) is 8.42 Å². The summed E-state index contributed by atoms with van der Waals surface area (Å²) < 4.78 is 33.2. The Morgan fingerprint density at radius 2 is 1.55 bits per heavy atom. The number of amides is 2. The van der Waals surface area contributed by atoms with Crippen molar-refractivity contribution >= 4 is 43.5 Å². The fourth-order valence-electron chi connectivity index (χ4n) is 3.68. The highest BCUT2D eigenvalue weighted by Gasteiger charge is 2.30. The first-order valence-corrected chi connectivity index (χ1v) is 14.8. The number of nitrogens with zero attached hydrogens (tertiary/aromatic N) is 2. The minimum absolute atomic E-state index is 0.147. The van der Waals surface area contributed by atoms with Gasteiger partial charge in [-0.3, -0.25) is 13.9 Å². The van der Waals surface area contributed by atoms with E-state index in [1.165, 1.54) is 4.90 Å². The molecule has 0 spiro atoms. The minimum Gasteiger partial charge on any atom is -0.457 e. The third-order valence-electron chi connectivity index (χ3n) is 5.77. The predicted octanol–water partition coefficient (Wildman–Crippen LogP) is 4.95.